The van der Waals surface area contributed by atoms with Gasteiger partial charge < -0.3 is 5.11 Å². The fourth-order valence-corrected chi connectivity index (χ4v) is 1.71. The number of hydrogen-bond donors (Lipinski definition) is 1. The van der Waals surface area contributed by atoms with Crippen molar-refractivity contribution in [3.8, 4) is 5.75 Å². The molecule has 0 amide bonds. The van der Waals surface area contributed by atoms with E-state index in [9.17, 15) is 0 Å². The summed E-state index contributed by atoms with van der Waals surface area (Å²) in [6.07, 6.45) is 0. The Bertz CT molecular complexity index is 521. The van der Waals surface area contributed by atoms with Crippen LogP contribution in [-0.4, -0.2) is 14.7 Å². The molecule has 3 aromatic rings. The van der Waals surface area contributed by atoms with Gasteiger partial charge in [-0.3, -0.25) is 0 Å². The van der Waals surface area contributed by atoms with Gasteiger partial charge in [-0.2, -0.15) is 0 Å². The summed E-state index contributed by atoms with van der Waals surface area (Å²) in [5.41, 5.74) is 0.988. The Hall–Kier alpha value is -1.94. The fraction of sp³-hybridized carbons (Fsp3) is 0. The molecule has 0 aliphatic rings. The summed E-state index contributed by atoms with van der Waals surface area (Å²) in [6.45, 7) is 0. The van der Waals surface area contributed by atoms with Crippen LogP contribution in [0.4, 0.5) is 0 Å². The Labute approximate surface area is 97.2 Å². The zero-order chi connectivity index (χ0) is 11.2. The van der Waals surface area contributed by atoms with E-state index in [1.165, 1.54) is 11.5 Å². The molecule has 0 saturated heterocycles. The molecular formula is C12H10N2OS. The molecule has 1 N–H and O–H groups in total. The number of phenolic OH excluding ortho intramolecular Hbond substituents is 1. The van der Waals surface area contributed by atoms with Crippen molar-refractivity contribution in [2.24, 2.45) is 0 Å². The van der Waals surface area contributed by atoms with Crippen LogP contribution in [0.2, 0.25) is 0 Å². The second-order valence-corrected chi connectivity index (χ2v) is 3.86. The third-order valence-corrected chi connectivity index (χ3v) is 2.61. The SMILES string of the molecule is Oc1ccccc1.c1ccc2snnc2c1. The van der Waals surface area contributed by atoms with Crippen molar-refractivity contribution in [3.63, 3.8) is 0 Å². The standard InChI is InChI=1S/C6H4N2S.C6H6O/c1-2-4-6-5(3-1)7-8-9-6;7-6-4-2-1-3-5-6/h1-4H;1-5,7H. The smallest absolute Gasteiger partial charge is 0.115 e. The number of benzene rings is 2. The molecule has 0 spiro atoms. The van der Waals surface area contributed by atoms with Crippen LogP contribution >= 0.6 is 11.5 Å². The quantitative estimate of drug-likeness (QED) is 0.645. The predicted molar refractivity (Wildman–Crippen MR) is 65.5 cm³/mol. The largest absolute Gasteiger partial charge is 0.508 e. The molecule has 0 atom stereocenters. The van der Waals surface area contributed by atoms with Crippen LogP contribution in [0.3, 0.4) is 0 Å². The molecule has 3 rings (SSSR count). The molecule has 4 heteroatoms. The minimum atomic E-state index is 0.322. The van der Waals surface area contributed by atoms with Gasteiger partial charge in [0.05, 0.1) is 4.70 Å². The molecule has 16 heavy (non-hydrogen) atoms. The van der Waals surface area contributed by atoms with Crippen molar-refractivity contribution < 1.29 is 5.11 Å². The monoisotopic (exact) mass is 230 g/mol. The third-order valence-electron chi connectivity index (χ3n) is 1.91. The first-order valence-electron chi connectivity index (χ1n) is 4.77. The first-order valence-corrected chi connectivity index (χ1v) is 5.55. The number of hydrogen-bond acceptors (Lipinski definition) is 4. The van der Waals surface area contributed by atoms with Crippen LogP contribution in [0, 0.1) is 0 Å². The molecule has 3 nitrogen and oxygen atoms in total. The highest BCUT2D eigenvalue weighted by atomic mass is 32.1. The molecule has 0 radical (unpaired) electrons. The van der Waals surface area contributed by atoms with Crippen molar-refractivity contribution >= 4 is 21.7 Å². The number of para-hydroxylation sites is 1. The number of aromatic hydroxyl groups is 1. The lowest BCUT2D eigenvalue weighted by Gasteiger charge is -1.82. The molecule has 0 fully saturated rings. The minimum absolute atomic E-state index is 0.322. The molecule has 80 valence electrons. The molecule has 0 bridgehead atoms. The molecule has 0 aliphatic carbocycles. The Morgan fingerprint density at radius 2 is 1.56 bits per heavy atom. The molecule has 1 heterocycles. The van der Waals surface area contributed by atoms with Crippen molar-refractivity contribution in [3.05, 3.63) is 54.6 Å². The number of nitrogens with zero attached hydrogens (tertiary/aromatic N) is 2. The first kappa shape index (κ1) is 10.6. The molecule has 0 aliphatic heterocycles. The van der Waals surface area contributed by atoms with Gasteiger partial charge in [0.15, 0.2) is 0 Å². The second kappa shape index (κ2) is 5.23. The molecule has 0 unspecified atom stereocenters. The Kier molecular flexibility index (Phi) is 3.46. The summed E-state index contributed by atoms with van der Waals surface area (Å²) in [7, 11) is 0. The van der Waals surface area contributed by atoms with Gasteiger partial charge in [-0.25, -0.2) is 0 Å². The molecular weight excluding hydrogens is 220 g/mol. The van der Waals surface area contributed by atoms with Gasteiger partial charge in [0.1, 0.15) is 11.3 Å². The van der Waals surface area contributed by atoms with Gasteiger partial charge in [0.25, 0.3) is 0 Å². The highest BCUT2D eigenvalue weighted by molar-refractivity contribution is 7.12. The summed E-state index contributed by atoms with van der Waals surface area (Å²) >= 11 is 1.43. The van der Waals surface area contributed by atoms with Crippen LogP contribution in [0.15, 0.2) is 54.6 Å². The summed E-state index contributed by atoms with van der Waals surface area (Å²) in [4.78, 5) is 0. The number of rotatable bonds is 0. The Balaban J connectivity index is 0.000000125. The van der Waals surface area contributed by atoms with Crippen LogP contribution in [0.1, 0.15) is 0 Å². The van der Waals surface area contributed by atoms with E-state index in [0.717, 1.165) is 10.2 Å². The van der Waals surface area contributed by atoms with Crippen molar-refractivity contribution in [1.29, 1.82) is 0 Å². The van der Waals surface area contributed by atoms with Gasteiger partial charge >= 0.3 is 0 Å². The zero-order valence-corrected chi connectivity index (χ0v) is 9.26. The average Bonchev–Trinajstić information content (AvgIpc) is 2.79. The number of aromatic nitrogens is 2. The van der Waals surface area contributed by atoms with Crippen LogP contribution in [0.5, 0.6) is 5.75 Å². The maximum Gasteiger partial charge on any atom is 0.115 e. The van der Waals surface area contributed by atoms with E-state index >= 15 is 0 Å². The Morgan fingerprint density at radius 3 is 2.19 bits per heavy atom. The van der Waals surface area contributed by atoms with Crippen molar-refractivity contribution in [2.45, 2.75) is 0 Å². The third kappa shape index (κ3) is 2.77. The average molecular weight is 230 g/mol. The van der Waals surface area contributed by atoms with Crippen LogP contribution < -0.4 is 0 Å². The van der Waals surface area contributed by atoms with E-state index < -0.39 is 0 Å². The summed E-state index contributed by atoms with van der Waals surface area (Å²) < 4.78 is 4.94. The van der Waals surface area contributed by atoms with Gasteiger partial charge in [-0.15, -0.1) is 5.10 Å². The summed E-state index contributed by atoms with van der Waals surface area (Å²) in [6, 6.07) is 16.6. The Morgan fingerprint density at radius 1 is 0.875 bits per heavy atom. The minimum Gasteiger partial charge on any atom is -0.508 e. The molecule has 1 aromatic heterocycles. The molecule has 0 saturated carbocycles. The topological polar surface area (TPSA) is 46.0 Å². The van der Waals surface area contributed by atoms with Gasteiger partial charge in [-0.1, -0.05) is 34.8 Å². The van der Waals surface area contributed by atoms with Gasteiger partial charge in [-0.05, 0) is 35.8 Å². The van der Waals surface area contributed by atoms with E-state index in [4.69, 9.17) is 5.11 Å². The van der Waals surface area contributed by atoms with Crippen LogP contribution in [-0.2, 0) is 0 Å². The lowest BCUT2D eigenvalue weighted by atomic mass is 10.3. The maximum atomic E-state index is 8.63. The highest BCUT2D eigenvalue weighted by Gasteiger charge is 1.91. The lowest BCUT2D eigenvalue weighted by Crippen LogP contribution is -1.63. The van der Waals surface area contributed by atoms with E-state index in [0.29, 0.717) is 5.75 Å². The number of fused-ring (bicyclic) bond motifs is 1. The summed E-state index contributed by atoms with van der Waals surface area (Å²) in [5, 5.41) is 12.5. The number of phenols is 1. The highest BCUT2D eigenvalue weighted by Crippen LogP contribution is 2.12. The normalized spacial score (nSPS) is 9.50. The van der Waals surface area contributed by atoms with Crippen LogP contribution in [0.25, 0.3) is 10.2 Å². The zero-order valence-electron chi connectivity index (χ0n) is 8.45. The van der Waals surface area contributed by atoms with Crippen molar-refractivity contribution in [2.75, 3.05) is 0 Å². The lowest BCUT2D eigenvalue weighted by molar-refractivity contribution is 0.475. The fourth-order valence-electron chi connectivity index (χ4n) is 1.15. The van der Waals surface area contributed by atoms with E-state index in [-0.39, 0.29) is 0 Å². The molecule has 2 aromatic carbocycles. The van der Waals surface area contributed by atoms with Crippen molar-refractivity contribution in [1.82, 2.24) is 9.59 Å². The first-order chi connectivity index (χ1) is 7.86. The maximum absolute atomic E-state index is 8.63. The van der Waals surface area contributed by atoms with Gasteiger partial charge in [0, 0.05) is 0 Å². The second-order valence-electron chi connectivity index (χ2n) is 3.08. The summed E-state index contributed by atoms with van der Waals surface area (Å²) in [5.74, 6) is 0.322. The van der Waals surface area contributed by atoms with E-state index in [2.05, 4.69) is 9.59 Å². The van der Waals surface area contributed by atoms with E-state index in [1.807, 2.05) is 30.3 Å². The van der Waals surface area contributed by atoms with E-state index in [1.54, 1.807) is 24.3 Å². The van der Waals surface area contributed by atoms with Gasteiger partial charge in [0.2, 0.25) is 0 Å². The predicted octanol–water partition coefficient (Wildman–Crippen LogP) is 3.08.